The topological polar surface area (TPSA) is 103 Å². The zero-order chi connectivity index (χ0) is 22.7. The zero-order valence-electron chi connectivity index (χ0n) is 18.5. The highest BCUT2D eigenvalue weighted by atomic mass is 16.5. The van der Waals surface area contributed by atoms with Gasteiger partial charge in [-0.2, -0.15) is 4.98 Å². The van der Waals surface area contributed by atoms with Crippen LogP contribution < -0.4 is 24.8 Å². The molecule has 2 heterocycles. The molecule has 0 bridgehead atoms. The highest BCUT2D eigenvalue weighted by Crippen LogP contribution is 2.34. The van der Waals surface area contributed by atoms with Gasteiger partial charge in [-0.25, -0.2) is 4.98 Å². The summed E-state index contributed by atoms with van der Waals surface area (Å²) >= 11 is 0. The highest BCUT2D eigenvalue weighted by Gasteiger charge is 2.24. The van der Waals surface area contributed by atoms with Crippen LogP contribution in [-0.2, 0) is 11.2 Å². The third-order valence-corrected chi connectivity index (χ3v) is 5.65. The van der Waals surface area contributed by atoms with E-state index in [1.807, 2.05) is 34.1 Å². The Morgan fingerprint density at radius 3 is 2.22 bits per heavy atom. The molecule has 0 spiro atoms. The van der Waals surface area contributed by atoms with Gasteiger partial charge < -0.3 is 29.7 Å². The van der Waals surface area contributed by atoms with E-state index in [9.17, 15) is 4.79 Å². The van der Waals surface area contributed by atoms with Crippen LogP contribution in [0, 0.1) is 0 Å². The molecule has 0 aliphatic carbocycles. The lowest BCUT2D eigenvalue weighted by atomic mass is 10.1. The quantitative estimate of drug-likeness (QED) is 0.626. The van der Waals surface area contributed by atoms with Crippen LogP contribution in [0.5, 0.6) is 17.2 Å². The number of nitrogen functional groups attached to an aromatic ring is 1. The number of methoxy groups -OCH3 is 3. The molecule has 9 nitrogen and oxygen atoms in total. The number of fused-ring (bicyclic) bond motifs is 1. The molecule has 0 radical (unpaired) electrons. The lowest BCUT2D eigenvalue weighted by Crippen LogP contribution is -2.49. The van der Waals surface area contributed by atoms with E-state index in [0.717, 1.165) is 11.3 Å². The van der Waals surface area contributed by atoms with Crippen molar-refractivity contribution >= 4 is 28.6 Å². The average molecular weight is 438 g/mol. The van der Waals surface area contributed by atoms with Crippen molar-refractivity contribution in [2.24, 2.45) is 0 Å². The molecule has 1 aliphatic heterocycles. The second-order valence-electron chi connectivity index (χ2n) is 7.53. The molecule has 2 N–H and O–H groups in total. The molecule has 32 heavy (non-hydrogen) atoms. The Kier molecular flexibility index (Phi) is 6.16. The van der Waals surface area contributed by atoms with Gasteiger partial charge in [0, 0.05) is 37.6 Å². The van der Waals surface area contributed by atoms with Gasteiger partial charge in [0.1, 0.15) is 11.6 Å². The highest BCUT2D eigenvalue weighted by molar-refractivity contribution is 5.91. The predicted molar refractivity (Wildman–Crippen MR) is 123 cm³/mol. The largest absolute Gasteiger partial charge is 0.497 e. The Balaban J connectivity index is 1.44. The summed E-state index contributed by atoms with van der Waals surface area (Å²) in [6, 6.07) is 11.1. The minimum absolute atomic E-state index is 0.102. The van der Waals surface area contributed by atoms with Gasteiger partial charge in [0.25, 0.3) is 0 Å². The first kappa shape index (κ1) is 21.5. The van der Waals surface area contributed by atoms with Crippen LogP contribution in [0.1, 0.15) is 5.56 Å². The second kappa shape index (κ2) is 9.17. The molecule has 1 aliphatic rings. The van der Waals surface area contributed by atoms with Crippen molar-refractivity contribution < 1.29 is 19.0 Å². The van der Waals surface area contributed by atoms with E-state index in [0.29, 0.717) is 66.8 Å². The lowest BCUT2D eigenvalue weighted by Gasteiger charge is -2.35. The summed E-state index contributed by atoms with van der Waals surface area (Å²) in [4.78, 5) is 25.8. The van der Waals surface area contributed by atoms with Gasteiger partial charge in [0.05, 0.1) is 33.3 Å². The van der Waals surface area contributed by atoms with Crippen molar-refractivity contribution in [1.29, 1.82) is 0 Å². The number of piperazine rings is 1. The summed E-state index contributed by atoms with van der Waals surface area (Å²) in [5.74, 6) is 2.96. The number of aromatic nitrogens is 2. The Bertz CT molecular complexity index is 1110. The molecule has 1 saturated heterocycles. The summed E-state index contributed by atoms with van der Waals surface area (Å²) in [5, 5.41) is 0.708. The minimum Gasteiger partial charge on any atom is -0.497 e. The van der Waals surface area contributed by atoms with Crippen molar-refractivity contribution in [3.8, 4) is 17.2 Å². The normalized spacial score (nSPS) is 13.8. The van der Waals surface area contributed by atoms with E-state index in [1.165, 1.54) is 0 Å². The van der Waals surface area contributed by atoms with Crippen molar-refractivity contribution in [2.75, 3.05) is 58.1 Å². The van der Waals surface area contributed by atoms with Gasteiger partial charge in [0.2, 0.25) is 11.9 Å². The van der Waals surface area contributed by atoms with E-state index < -0.39 is 0 Å². The lowest BCUT2D eigenvalue weighted by molar-refractivity contribution is -0.130. The summed E-state index contributed by atoms with van der Waals surface area (Å²) in [7, 11) is 4.78. The SMILES string of the molecule is COc1ccc(CC(=O)N2CCN(c3nc(N)c4cc(OC)c(OC)cc4n3)CC2)cc1. The third kappa shape index (κ3) is 4.32. The molecule has 2 aromatic carbocycles. The Hall–Kier alpha value is -3.75. The van der Waals surface area contributed by atoms with Crippen LogP contribution in [0.25, 0.3) is 10.9 Å². The Labute approximate surface area is 186 Å². The minimum atomic E-state index is 0.102. The standard InChI is InChI=1S/C23H27N5O4/c1-30-16-6-4-15(5-7-16)12-21(29)27-8-10-28(11-9-27)23-25-18-14-20(32-3)19(31-2)13-17(18)22(24)26-23/h4-7,13-14H,8-12H2,1-3H3,(H2,24,25,26). The number of rotatable bonds is 6. The van der Waals surface area contributed by atoms with Gasteiger partial charge in [-0.1, -0.05) is 12.1 Å². The van der Waals surface area contributed by atoms with Crippen LogP contribution in [-0.4, -0.2) is 68.3 Å². The Morgan fingerprint density at radius 2 is 1.59 bits per heavy atom. The summed E-state index contributed by atoms with van der Waals surface area (Å²) < 4.78 is 15.9. The maximum absolute atomic E-state index is 12.7. The van der Waals surface area contributed by atoms with Crippen LogP contribution in [0.3, 0.4) is 0 Å². The van der Waals surface area contributed by atoms with Gasteiger partial charge in [0.15, 0.2) is 11.5 Å². The van der Waals surface area contributed by atoms with Crippen molar-refractivity contribution in [3.05, 3.63) is 42.0 Å². The van der Waals surface area contributed by atoms with Crippen molar-refractivity contribution in [3.63, 3.8) is 0 Å². The smallest absolute Gasteiger partial charge is 0.228 e. The summed E-state index contributed by atoms with van der Waals surface area (Å²) in [6.45, 7) is 2.46. The first-order chi connectivity index (χ1) is 15.5. The maximum atomic E-state index is 12.7. The van der Waals surface area contributed by atoms with Crippen LogP contribution in [0.15, 0.2) is 36.4 Å². The van der Waals surface area contributed by atoms with Crippen molar-refractivity contribution in [1.82, 2.24) is 14.9 Å². The molecule has 0 atom stereocenters. The molecular formula is C23H27N5O4. The zero-order valence-corrected chi connectivity index (χ0v) is 18.5. The first-order valence-electron chi connectivity index (χ1n) is 10.4. The van der Waals surface area contributed by atoms with E-state index in [1.54, 1.807) is 33.5 Å². The van der Waals surface area contributed by atoms with E-state index in [2.05, 4.69) is 9.97 Å². The molecule has 3 aromatic rings. The molecule has 4 rings (SSSR count). The van der Waals surface area contributed by atoms with Crippen LogP contribution >= 0.6 is 0 Å². The molecule has 0 unspecified atom stereocenters. The van der Waals surface area contributed by atoms with Crippen LogP contribution in [0.4, 0.5) is 11.8 Å². The fourth-order valence-electron chi connectivity index (χ4n) is 3.79. The number of nitrogens with two attached hydrogens (primary N) is 1. The molecule has 1 aromatic heterocycles. The number of nitrogens with zero attached hydrogens (tertiary/aromatic N) is 4. The number of anilines is 2. The number of ether oxygens (including phenoxy) is 3. The number of hydrogen-bond donors (Lipinski definition) is 1. The average Bonchev–Trinajstić information content (AvgIpc) is 2.83. The molecule has 0 saturated carbocycles. The second-order valence-corrected chi connectivity index (χ2v) is 7.53. The molecule has 1 fully saturated rings. The fourth-order valence-corrected chi connectivity index (χ4v) is 3.79. The predicted octanol–water partition coefficient (Wildman–Crippen LogP) is 2.13. The monoisotopic (exact) mass is 437 g/mol. The van der Waals surface area contributed by atoms with Gasteiger partial charge >= 0.3 is 0 Å². The fraction of sp³-hybridized carbons (Fsp3) is 0.348. The molecule has 1 amide bonds. The van der Waals surface area contributed by atoms with Crippen LogP contribution in [0.2, 0.25) is 0 Å². The molecule has 9 heteroatoms. The molecule has 168 valence electrons. The number of hydrogen-bond acceptors (Lipinski definition) is 8. The number of amides is 1. The van der Waals surface area contributed by atoms with E-state index >= 15 is 0 Å². The van der Waals surface area contributed by atoms with Gasteiger partial charge in [-0.3, -0.25) is 4.79 Å². The van der Waals surface area contributed by atoms with Gasteiger partial charge in [-0.05, 0) is 23.8 Å². The summed E-state index contributed by atoms with van der Waals surface area (Å²) in [6.07, 6.45) is 0.366. The van der Waals surface area contributed by atoms with E-state index in [-0.39, 0.29) is 5.91 Å². The van der Waals surface area contributed by atoms with Crippen molar-refractivity contribution in [2.45, 2.75) is 6.42 Å². The number of carbonyl (C=O) groups is 1. The third-order valence-electron chi connectivity index (χ3n) is 5.65. The summed E-state index contributed by atoms with van der Waals surface area (Å²) in [5.41, 5.74) is 7.86. The first-order valence-corrected chi connectivity index (χ1v) is 10.4. The Morgan fingerprint density at radius 1 is 0.938 bits per heavy atom. The van der Waals surface area contributed by atoms with Gasteiger partial charge in [-0.15, -0.1) is 0 Å². The molecular weight excluding hydrogens is 410 g/mol. The number of benzene rings is 2. The maximum Gasteiger partial charge on any atom is 0.228 e. The number of carbonyl (C=O) groups excluding carboxylic acids is 1. The van der Waals surface area contributed by atoms with E-state index in [4.69, 9.17) is 19.9 Å².